The molecular formula is C16H24N2O5S2. The van der Waals surface area contributed by atoms with E-state index in [1.54, 1.807) is 6.92 Å². The highest BCUT2D eigenvalue weighted by molar-refractivity contribution is 7.89. The summed E-state index contributed by atoms with van der Waals surface area (Å²) < 4.78 is 30.0. The summed E-state index contributed by atoms with van der Waals surface area (Å²) in [6.07, 6.45) is 0.948. The quantitative estimate of drug-likeness (QED) is 0.780. The van der Waals surface area contributed by atoms with Crippen molar-refractivity contribution in [1.82, 2.24) is 4.31 Å². The number of piperidine rings is 1. The smallest absolute Gasteiger partial charge is 0.341 e. The predicted octanol–water partition coefficient (Wildman–Crippen LogP) is 2.15. The number of ether oxygens (including phenoxy) is 1. The maximum atomic E-state index is 12.6. The van der Waals surface area contributed by atoms with Crippen LogP contribution in [0.1, 0.15) is 40.6 Å². The van der Waals surface area contributed by atoms with E-state index in [0.29, 0.717) is 36.5 Å². The molecule has 25 heavy (non-hydrogen) atoms. The summed E-state index contributed by atoms with van der Waals surface area (Å²) in [5, 5.41) is 3.33. The Balaban J connectivity index is 2.07. The van der Waals surface area contributed by atoms with Gasteiger partial charge in [-0.25, -0.2) is 17.5 Å². The van der Waals surface area contributed by atoms with Crippen LogP contribution in [0.5, 0.6) is 0 Å². The van der Waals surface area contributed by atoms with E-state index in [0.717, 1.165) is 10.4 Å². The number of carbonyl (C=O) groups is 2. The molecular weight excluding hydrogens is 364 g/mol. The number of esters is 1. The lowest BCUT2D eigenvalue weighted by Gasteiger charge is -2.30. The summed E-state index contributed by atoms with van der Waals surface area (Å²) >= 11 is 1.35. The molecule has 1 aromatic heterocycles. The first kappa shape index (κ1) is 19.9. The Labute approximate surface area is 152 Å². The molecule has 0 saturated carbocycles. The van der Waals surface area contributed by atoms with E-state index >= 15 is 0 Å². The number of hydrogen-bond acceptors (Lipinski definition) is 6. The molecule has 1 aromatic rings. The maximum absolute atomic E-state index is 12.6. The molecule has 2 rings (SSSR count). The van der Waals surface area contributed by atoms with Gasteiger partial charge in [0.05, 0.1) is 18.4 Å². The fraction of sp³-hybridized carbons (Fsp3) is 0.625. The summed E-state index contributed by atoms with van der Waals surface area (Å²) in [4.78, 5) is 25.5. The molecule has 140 valence electrons. The van der Waals surface area contributed by atoms with Gasteiger partial charge in [0.1, 0.15) is 5.00 Å². The second kappa shape index (κ2) is 7.84. The van der Waals surface area contributed by atoms with Crippen molar-refractivity contribution in [2.75, 3.05) is 31.3 Å². The van der Waals surface area contributed by atoms with Crippen molar-refractivity contribution in [1.29, 1.82) is 0 Å². The normalized spacial score (nSPS) is 16.6. The van der Waals surface area contributed by atoms with E-state index in [4.69, 9.17) is 4.74 Å². The van der Waals surface area contributed by atoms with Gasteiger partial charge in [-0.15, -0.1) is 11.3 Å². The third kappa shape index (κ3) is 4.21. The van der Waals surface area contributed by atoms with Gasteiger partial charge in [0.15, 0.2) is 0 Å². The van der Waals surface area contributed by atoms with Crippen LogP contribution in [-0.4, -0.2) is 50.6 Å². The molecule has 1 aliphatic rings. The first-order valence-corrected chi connectivity index (χ1v) is 10.6. The first-order chi connectivity index (χ1) is 11.7. The van der Waals surface area contributed by atoms with E-state index in [-0.39, 0.29) is 17.6 Å². The van der Waals surface area contributed by atoms with Crippen molar-refractivity contribution >= 4 is 38.2 Å². The molecule has 0 bridgehead atoms. The number of carbonyl (C=O) groups excluding carboxylic acids is 2. The zero-order valence-corrected chi connectivity index (χ0v) is 16.6. The van der Waals surface area contributed by atoms with Gasteiger partial charge in [0.25, 0.3) is 0 Å². The number of anilines is 1. The van der Waals surface area contributed by atoms with Crippen molar-refractivity contribution in [3.8, 4) is 0 Å². The van der Waals surface area contributed by atoms with Crippen LogP contribution in [-0.2, 0) is 19.6 Å². The van der Waals surface area contributed by atoms with Gasteiger partial charge in [-0.3, -0.25) is 4.79 Å². The van der Waals surface area contributed by atoms with E-state index in [9.17, 15) is 18.0 Å². The van der Waals surface area contributed by atoms with Crippen LogP contribution in [0.25, 0.3) is 0 Å². The molecule has 1 aliphatic heterocycles. The second-order valence-electron chi connectivity index (χ2n) is 6.04. The van der Waals surface area contributed by atoms with Gasteiger partial charge in [-0.2, -0.15) is 0 Å². The lowest BCUT2D eigenvalue weighted by atomic mass is 9.97. The SMILES string of the molecule is CCS(=O)(=O)N1CCC(C(=O)Nc2sc(C)c(C)c2C(=O)OC)CC1. The van der Waals surface area contributed by atoms with Crippen LogP contribution in [0.15, 0.2) is 0 Å². The predicted molar refractivity (Wildman–Crippen MR) is 97.5 cm³/mol. The molecule has 0 unspecified atom stereocenters. The maximum Gasteiger partial charge on any atom is 0.341 e. The fourth-order valence-corrected chi connectivity index (χ4v) is 5.04. The number of hydrogen-bond donors (Lipinski definition) is 1. The lowest BCUT2D eigenvalue weighted by Crippen LogP contribution is -2.42. The Morgan fingerprint density at radius 2 is 1.88 bits per heavy atom. The molecule has 0 atom stereocenters. The van der Waals surface area contributed by atoms with Crippen LogP contribution in [0.2, 0.25) is 0 Å². The van der Waals surface area contributed by atoms with Crippen LogP contribution < -0.4 is 5.32 Å². The minimum Gasteiger partial charge on any atom is -0.465 e. The second-order valence-corrected chi connectivity index (χ2v) is 9.52. The highest BCUT2D eigenvalue weighted by Crippen LogP contribution is 2.34. The number of sulfonamides is 1. The molecule has 1 N–H and O–H groups in total. The Morgan fingerprint density at radius 1 is 1.28 bits per heavy atom. The van der Waals surface area contributed by atoms with Crippen molar-refractivity contribution < 1.29 is 22.7 Å². The first-order valence-electron chi connectivity index (χ1n) is 8.18. The molecule has 1 fully saturated rings. The molecule has 1 saturated heterocycles. The summed E-state index contributed by atoms with van der Waals surface area (Å²) in [5.41, 5.74) is 1.19. The molecule has 7 nitrogen and oxygen atoms in total. The van der Waals surface area contributed by atoms with E-state index in [1.807, 2.05) is 13.8 Å². The van der Waals surface area contributed by atoms with Crippen LogP contribution in [0.3, 0.4) is 0 Å². The van der Waals surface area contributed by atoms with E-state index < -0.39 is 16.0 Å². The topological polar surface area (TPSA) is 92.8 Å². The highest BCUT2D eigenvalue weighted by atomic mass is 32.2. The number of rotatable bonds is 5. The number of nitrogens with one attached hydrogen (secondary N) is 1. The average Bonchev–Trinajstić information content (AvgIpc) is 2.88. The number of aryl methyl sites for hydroxylation is 1. The number of amides is 1. The Hall–Kier alpha value is -1.45. The number of methoxy groups -OCH3 is 1. The van der Waals surface area contributed by atoms with Gasteiger partial charge < -0.3 is 10.1 Å². The summed E-state index contributed by atoms with van der Waals surface area (Å²) in [7, 11) is -1.90. The standard InChI is InChI=1S/C16H24N2O5S2/c1-5-25(21,22)18-8-6-12(7-9-18)14(19)17-15-13(16(20)23-4)10(2)11(3)24-15/h12H,5-9H2,1-4H3,(H,17,19). The monoisotopic (exact) mass is 388 g/mol. The lowest BCUT2D eigenvalue weighted by molar-refractivity contribution is -0.120. The van der Waals surface area contributed by atoms with Crippen LogP contribution in [0, 0.1) is 19.8 Å². The van der Waals surface area contributed by atoms with Crippen LogP contribution in [0.4, 0.5) is 5.00 Å². The summed E-state index contributed by atoms with van der Waals surface area (Å²) in [6, 6.07) is 0. The van der Waals surface area contributed by atoms with Gasteiger partial charge in [0, 0.05) is 23.9 Å². The Bertz CT molecular complexity index is 762. The third-order valence-corrected chi connectivity index (χ3v) is 7.60. The molecule has 0 aromatic carbocycles. The minimum atomic E-state index is -3.21. The Kier molecular flexibility index (Phi) is 6.23. The molecule has 0 spiro atoms. The highest BCUT2D eigenvalue weighted by Gasteiger charge is 2.31. The summed E-state index contributed by atoms with van der Waals surface area (Å²) in [5.74, 6) is -0.849. The van der Waals surface area contributed by atoms with Crippen molar-refractivity contribution in [3.63, 3.8) is 0 Å². The minimum absolute atomic E-state index is 0.0695. The zero-order chi connectivity index (χ0) is 18.8. The van der Waals surface area contributed by atoms with Gasteiger partial charge in [-0.1, -0.05) is 0 Å². The Morgan fingerprint density at radius 3 is 2.40 bits per heavy atom. The van der Waals surface area contributed by atoms with Gasteiger partial charge >= 0.3 is 5.97 Å². The average molecular weight is 389 g/mol. The van der Waals surface area contributed by atoms with E-state index in [1.165, 1.54) is 22.8 Å². The molecule has 0 radical (unpaired) electrons. The number of nitrogens with zero attached hydrogens (tertiary/aromatic N) is 1. The van der Waals surface area contributed by atoms with Gasteiger partial charge in [-0.05, 0) is 39.2 Å². The molecule has 2 heterocycles. The number of thiophene rings is 1. The van der Waals surface area contributed by atoms with Crippen molar-refractivity contribution in [3.05, 3.63) is 16.0 Å². The summed E-state index contributed by atoms with van der Waals surface area (Å²) in [6.45, 7) is 6.02. The third-order valence-electron chi connectivity index (χ3n) is 4.59. The molecule has 9 heteroatoms. The largest absolute Gasteiger partial charge is 0.465 e. The van der Waals surface area contributed by atoms with Crippen molar-refractivity contribution in [2.24, 2.45) is 5.92 Å². The van der Waals surface area contributed by atoms with Crippen LogP contribution >= 0.6 is 11.3 Å². The molecule has 1 amide bonds. The molecule has 0 aliphatic carbocycles. The van der Waals surface area contributed by atoms with Crippen molar-refractivity contribution in [2.45, 2.75) is 33.6 Å². The fourth-order valence-electron chi connectivity index (χ4n) is 2.86. The zero-order valence-electron chi connectivity index (χ0n) is 14.9. The van der Waals surface area contributed by atoms with E-state index in [2.05, 4.69) is 5.32 Å². The van der Waals surface area contributed by atoms with Gasteiger partial charge in [0.2, 0.25) is 15.9 Å².